The van der Waals surface area contributed by atoms with Gasteiger partial charge in [0.1, 0.15) is 11.6 Å². The van der Waals surface area contributed by atoms with Gasteiger partial charge in [-0.15, -0.1) is 0 Å². The fraction of sp³-hybridized carbons (Fsp3) is 0. The van der Waals surface area contributed by atoms with E-state index in [0.29, 0.717) is 33.0 Å². The maximum Gasteiger partial charge on any atom is 0.266 e. The molecule has 0 radical (unpaired) electrons. The van der Waals surface area contributed by atoms with E-state index in [-0.39, 0.29) is 11.3 Å². The van der Waals surface area contributed by atoms with Crippen LogP contribution in [0.25, 0.3) is 28.7 Å². The zero-order valence-corrected chi connectivity index (χ0v) is 17.4. The quantitative estimate of drug-likeness (QED) is 0.377. The van der Waals surface area contributed by atoms with Gasteiger partial charge in [0.15, 0.2) is 0 Å². The second-order valence-electron chi connectivity index (χ2n) is 6.14. The molecule has 4 rings (SSSR count). The highest BCUT2D eigenvalue weighted by atomic mass is 127. The first kappa shape index (κ1) is 18.7. The van der Waals surface area contributed by atoms with E-state index in [1.807, 2.05) is 24.3 Å². The lowest BCUT2D eigenvalue weighted by molar-refractivity contribution is 0.474. The Morgan fingerprint density at radius 2 is 1.75 bits per heavy atom. The molecule has 28 heavy (non-hydrogen) atoms. The summed E-state index contributed by atoms with van der Waals surface area (Å²) in [5, 5.41) is 11.1. The van der Waals surface area contributed by atoms with Gasteiger partial charge < -0.3 is 5.11 Å². The predicted octanol–water partition coefficient (Wildman–Crippen LogP) is 5.52. The number of hydrogen-bond donors (Lipinski definition) is 1. The summed E-state index contributed by atoms with van der Waals surface area (Å²) in [5.74, 6) is 0.624. The molecule has 1 N–H and O–H groups in total. The van der Waals surface area contributed by atoms with Gasteiger partial charge in [0.2, 0.25) is 0 Å². The summed E-state index contributed by atoms with van der Waals surface area (Å²) in [6.07, 6.45) is 3.46. The minimum absolute atomic E-state index is 0.162. The average molecular weight is 501 g/mol. The predicted molar refractivity (Wildman–Crippen MR) is 122 cm³/mol. The lowest BCUT2D eigenvalue weighted by atomic mass is 10.2. The molecule has 0 saturated heterocycles. The van der Waals surface area contributed by atoms with E-state index in [1.54, 1.807) is 59.2 Å². The highest BCUT2D eigenvalue weighted by Gasteiger charge is 2.12. The van der Waals surface area contributed by atoms with Crippen LogP contribution >= 0.6 is 34.2 Å². The van der Waals surface area contributed by atoms with Gasteiger partial charge in [-0.2, -0.15) is 0 Å². The minimum atomic E-state index is -0.164. The third-order valence-corrected chi connectivity index (χ3v) is 5.21. The molecule has 0 fully saturated rings. The van der Waals surface area contributed by atoms with Crippen LogP contribution in [0.5, 0.6) is 5.75 Å². The van der Waals surface area contributed by atoms with Crippen LogP contribution in [0.15, 0.2) is 71.5 Å². The molecule has 4 nitrogen and oxygen atoms in total. The minimum Gasteiger partial charge on any atom is -0.507 e. The second kappa shape index (κ2) is 7.77. The third-order valence-electron chi connectivity index (χ3n) is 4.29. The van der Waals surface area contributed by atoms with Crippen LogP contribution < -0.4 is 5.56 Å². The van der Waals surface area contributed by atoms with Gasteiger partial charge in [-0.3, -0.25) is 9.36 Å². The molecule has 0 aliphatic rings. The Labute approximate surface area is 179 Å². The largest absolute Gasteiger partial charge is 0.507 e. The number of aromatic hydroxyl groups is 1. The van der Waals surface area contributed by atoms with Gasteiger partial charge in [0.25, 0.3) is 5.56 Å². The van der Waals surface area contributed by atoms with Crippen LogP contribution in [0.4, 0.5) is 0 Å². The summed E-state index contributed by atoms with van der Waals surface area (Å²) in [7, 11) is 0. The molecule has 3 aromatic carbocycles. The van der Waals surface area contributed by atoms with E-state index in [4.69, 9.17) is 11.6 Å². The SMILES string of the molecule is O=c1c2cc(I)ccc2nc(C=Cc2ccccc2O)n1-c1ccc(Cl)cc1. The molecule has 6 heteroatoms. The zero-order valence-electron chi connectivity index (χ0n) is 14.5. The van der Waals surface area contributed by atoms with Crippen molar-refractivity contribution in [2.24, 2.45) is 0 Å². The highest BCUT2D eigenvalue weighted by Crippen LogP contribution is 2.21. The first-order valence-corrected chi connectivity index (χ1v) is 9.93. The van der Waals surface area contributed by atoms with Crippen LogP contribution in [0.3, 0.4) is 0 Å². The van der Waals surface area contributed by atoms with Crippen molar-refractivity contribution < 1.29 is 5.11 Å². The standard InChI is InChI=1S/C22H14ClIN2O2/c23-15-6-9-17(10-7-15)26-21(12-5-14-3-1-2-4-20(14)27)25-19-11-8-16(24)13-18(19)22(26)28/h1-13,27H. The number of hydrogen-bond acceptors (Lipinski definition) is 3. The number of rotatable bonds is 3. The molecule has 0 saturated carbocycles. The molecule has 4 aromatic rings. The van der Waals surface area contributed by atoms with Crippen LogP contribution in [0.2, 0.25) is 5.02 Å². The zero-order chi connectivity index (χ0) is 19.7. The van der Waals surface area contributed by atoms with Gasteiger partial charge in [0, 0.05) is 14.2 Å². The van der Waals surface area contributed by atoms with Crippen LogP contribution in [-0.4, -0.2) is 14.7 Å². The summed E-state index contributed by atoms with van der Waals surface area (Å²) >= 11 is 8.18. The number of phenolic OH excluding ortho intramolecular Hbond substituents is 1. The molecule has 0 unspecified atom stereocenters. The van der Waals surface area contributed by atoms with Gasteiger partial charge in [-0.05, 0) is 83.3 Å². The Bertz CT molecular complexity index is 1260. The summed E-state index contributed by atoms with van der Waals surface area (Å²) in [4.78, 5) is 17.9. The lowest BCUT2D eigenvalue weighted by Gasteiger charge is -2.12. The molecular formula is C22H14ClIN2O2. The fourth-order valence-corrected chi connectivity index (χ4v) is 3.54. The molecule has 1 aromatic heterocycles. The monoisotopic (exact) mass is 500 g/mol. The Morgan fingerprint density at radius 3 is 2.50 bits per heavy atom. The molecule has 0 aliphatic carbocycles. The molecule has 1 heterocycles. The van der Waals surface area contributed by atoms with Crippen molar-refractivity contribution in [2.45, 2.75) is 0 Å². The second-order valence-corrected chi connectivity index (χ2v) is 7.82. The van der Waals surface area contributed by atoms with Crippen molar-refractivity contribution in [2.75, 3.05) is 0 Å². The van der Waals surface area contributed by atoms with Crippen molar-refractivity contribution >= 4 is 57.2 Å². The fourth-order valence-electron chi connectivity index (χ4n) is 2.92. The van der Waals surface area contributed by atoms with Crippen molar-refractivity contribution in [1.82, 2.24) is 9.55 Å². The smallest absolute Gasteiger partial charge is 0.266 e. The normalized spacial score (nSPS) is 11.4. The van der Waals surface area contributed by atoms with Gasteiger partial charge in [-0.25, -0.2) is 4.98 Å². The van der Waals surface area contributed by atoms with Crippen molar-refractivity contribution in [3.63, 3.8) is 0 Å². The van der Waals surface area contributed by atoms with Crippen LogP contribution in [-0.2, 0) is 0 Å². The molecule has 0 amide bonds. The number of fused-ring (bicyclic) bond motifs is 1. The Kier molecular flexibility index (Phi) is 5.19. The first-order valence-electron chi connectivity index (χ1n) is 8.47. The number of phenols is 1. The van der Waals surface area contributed by atoms with E-state index in [0.717, 1.165) is 3.57 Å². The average Bonchev–Trinajstić information content (AvgIpc) is 2.69. The third kappa shape index (κ3) is 3.68. The Hall–Kier alpha value is -2.64. The molecule has 0 spiro atoms. The van der Waals surface area contributed by atoms with E-state index in [1.165, 1.54) is 0 Å². The van der Waals surface area contributed by atoms with Crippen molar-refractivity contribution in [1.29, 1.82) is 0 Å². The first-order chi connectivity index (χ1) is 13.5. The molecule has 0 aliphatic heterocycles. The van der Waals surface area contributed by atoms with Crippen molar-refractivity contribution in [3.05, 3.63) is 97.1 Å². The molecule has 138 valence electrons. The molecule has 0 bridgehead atoms. The van der Waals surface area contributed by atoms with Gasteiger partial charge >= 0.3 is 0 Å². The number of benzene rings is 3. The topological polar surface area (TPSA) is 55.1 Å². The van der Waals surface area contributed by atoms with Crippen molar-refractivity contribution in [3.8, 4) is 11.4 Å². The number of para-hydroxylation sites is 1. The Morgan fingerprint density at radius 1 is 1.00 bits per heavy atom. The van der Waals surface area contributed by atoms with Crippen LogP contribution in [0, 0.1) is 3.57 Å². The number of halogens is 2. The van der Waals surface area contributed by atoms with Gasteiger partial charge in [0.05, 0.1) is 16.6 Å². The lowest BCUT2D eigenvalue weighted by Crippen LogP contribution is -2.22. The summed E-state index contributed by atoms with van der Waals surface area (Å²) in [6, 6.07) is 19.6. The molecule has 0 atom stereocenters. The van der Waals surface area contributed by atoms with E-state index in [9.17, 15) is 9.90 Å². The maximum absolute atomic E-state index is 13.3. The van der Waals surface area contributed by atoms with E-state index in [2.05, 4.69) is 27.6 Å². The van der Waals surface area contributed by atoms with Crippen LogP contribution in [0.1, 0.15) is 11.4 Å². The summed E-state index contributed by atoms with van der Waals surface area (Å²) < 4.78 is 2.51. The van der Waals surface area contributed by atoms with E-state index >= 15 is 0 Å². The molecular weight excluding hydrogens is 487 g/mol. The maximum atomic E-state index is 13.3. The summed E-state index contributed by atoms with van der Waals surface area (Å²) in [6.45, 7) is 0. The van der Waals surface area contributed by atoms with E-state index < -0.39 is 0 Å². The summed E-state index contributed by atoms with van der Waals surface area (Å²) in [5.41, 5.74) is 1.76. The number of aromatic nitrogens is 2. The number of nitrogens with zero attached hydrogens (tertiary/aromatic N) is 2. The highest BCUT2D eigenvalue weighted by molar-refractivity contribution is 14.1. The van der Waals surface area contributed by atoms with Gasteiger partial charge in [-0.1, -0.05) is 29.8 Å². The Balaban J connectivity index is 1.97.